The summed E-state index contributed by atoms with van der Waals surface area (Å²) in [5.41, 5.74) is 15.0. The normalized spacial score (nSPS) is 12.9. The number of benzene rings is 9. The van der Waals surface area contributed by atoms with Crippen LogP contribution in [0.15, 0.2) is 216 Å². The Morgan fingerprint density at radius 1 is 0.371 bits per heavy atom. The van der Waals surface area contributed by atoms with Crippen molar-refractivity contribution in [2.75, 3.05) is 0 Å². The van der Waals surface area contributed by atoms with Crippen molar-refractivity contribution in [1.82, 2.24) is 15.0 Å². The Labute approximate surface area is 363 Å². The largest absolute Gasteiger partial charge is 0.208 e. The molecule has 9 aromatic carbocycles. The monoisotopic (exact) mass is 806 g/mol. The molecule has 12 rings (SSSR count). The number of hydrogen-bond donors (Lipinski definition) is 0. The second-order valence-corrected chi connectivity index (χ2v) is 16.9. The molecular weight excluding hydrogens is 773 g/mol. The highest BCUT2D eigenvalue weighted by Crippen LogP contribution is 2.64. The number of fused-ring (bicyclic) bond motifs is 11. The third kappa shape index (κ3) is 5.58. The van der Waals surface area contributed by atoms with Gasteiger partial charge in [0, 0.05) is 26.5 Å². The maximum atomic E-state index is 9.57. The van der Waals surface area contributed by atoms with Crippen molar-refractivity contribution in [2.45, 2.75) is 15.2 Å². The molecule has 4 nitrogen and oxygen atoms in total. The van der Waals surface area contributed by atoms with Crippen molar-refractivity contribution < 1.29 is 0 Å². The molecular formula is C57H34N4S. The van der Waals surface area contributed by atoms with Crippen molar-refractivity contribution in [3.8, 4) is 73.6 Å². The first kappa shape index (κ1) is 36.0. The van der Waals surface area contributed by atoms with E-state index in [-0.39, 0.29) is 0 Å². The quantitative estimate of drug-likeness (QED) is 0.173. The zero-order valence-electron chi connectivity index (χ0n) is 33.3. The van der Waals surface area contributed by atoms with E-state index in [0.717, 1.165) is 33.4 Å². The van der Waals surface area contributed by atoms with E-state index in [1.807, 2.05) is 84.6 Å². The minimum Gasteiger partial charge on any atom is -0.208 e. The van der Waals surface area contributed by atoms with Crippen molar-refractivity contribution >= 4 is 22.5 Å². The first-order chi connectivity index (χ1) is 30.7. The molecule has 62 heavy (non-hydrogen) atoms. The van der Waals surface area contributed by atoms with E-state index >= 15 is 0 Å². The molecule has 0 saturated heterocycles. The predicted molar refractivity (Wildman–Crippen MR) is 251 cm³/mol. The Hall–Kier alpha value is -7.91. The summed E-state index contributed by atoms with van der Waals surface area (Å²) in [4.78, 5) is 17.5. The number of nitriles is 1. The molecule has 2 aliphatic rings. The van der Waals surface area contributed by atoms with Crippen LogP contribution < -0.4 is 0 Å². The topological polar surface area (TPSA) is 62.5 Å². The van der Waals surface area contributed by atoms with Crippen LogP contribution in [-0.4, -0.2) is 15.0 Å². The molecule has 0 N–H and O–H groups in total. The summed E-state index contributed by atoms with van der Waals surface area (Å²) < 4.78 is 0. The van der Waals surface area contributed by atoms with Crippen molar-refractivity contribution in [3.05, 3.63) is 234 Å². The summed E-state index contributed by atoms with van der Waals surface area (Å²) in [5.74, 6) is 1.91. The molecule has 0 fully saturated rings. The lowest BCUT2D eigenvalue weighted by Gasteiger charge is -2.40. The van der Waals surface area contributed by atoms with Crippen LogP contribution in [-0.2, 0) is 5.41 Å². The van der Waals surface area contributed by atoms with Crippen molar-refractivity contribution in [1.29, 1.82) is 5.26 Å². The SMILES string of the molecule is N#Cc1ccc(-c2ccc3c(c2)C2(c4ccccc4Sc4ccccc42)c2cc(-c4ccc(-c5nc(-c6ccccc6)nc(-c6ccccc6)n5)cc4)c4ccccc4c2-3)cc1. The average Bonchev–Trinajstić information content (AvgIpc) is 3.64. The van der Waals surface area contributed by atoms with Gasteiger partial charge in [0.1, 0.15) is 0 Å². The molecule has 1 aliphatic heterocycles. The maximum absolute atomic E-state index is 9.57. The summed E-state index contributed by atoms with van der Waals surface area (Å²) in [6, 6.07) is 75.4. The molecule has 0 saturated carbocycles. The van der Waals surface area contributed by atoms with Crippen molar-refractivity contribution in [3.63, 3.8) is 0 Å². The summed E-state index contributed by atoms with van der Waals surface area (Å²) in [6.45, 7) is 0. The van der Waals surface area contributed by atoms with Crippen LogP contribution in [0.4, 0.5) is 0 Å². The van der Waals surface area contributed by atoms with E-state index in [1.54, 1.807) is 0 Å². The fraction of sp³-hybridized carbons (Fsp3) is 0.0175. The van der Waals surface area contributed by atoms with Gasteiger partial charge in [-0.15, -0.1) is 0 Å². The second kappa shape index (κ2) is 14.4. The summed E-state index contributed by atoms with van der Waals surface area (Å²) in [5, 5.41) is 12.0. The van der Waals surface area contributed by atoms with Crippen LogP contribution in [0.5, 0.6) is 0 Å². The minimum absolute atomic E-state index is 0.586. The molecule has 10 aromatic rings. The number of nitrogens with zero attached hydrogens (tertiary/aromatic N) is 4. The van der Waals surface area contributed by atoms with E-state index in [4.69, 9.17) is 15.0 Å². The van der Waals surface area contributed by atoms with Crippen LogP contribution in [0.1, 0.15) is 27.8 Å². The van der Waals surface area contributed by atoms with Gasteiger partial charge in [-0.05, 0) is 103 Å². The highest BCUT2D eigenvalue weighted by Gasteiger charge is 2.51. The summed E-state index contributed by atoms with van der Waals surface area (Å²) >= 11 is 1.85. The van der Waals surface area contributed by atoms with Crippen LogP contribution >= 0.6 is 11.8 Å². The highest BCUT2D eigenvalue weighted by atomic mass is 32.2. The van der Waals surface area contributed by atoms with E-state index in [2.05, 4.69) is 140 Å². The minimum atomic E-state index is -0.586. The van der Waals surface area contributed by atoms with E-state index in [9.17, 15) is 5.26 Å². The molecule has 1 spiro atoms. The lowest BCUT2D eigenvalue weighted by atomic mass is 9.66. The molecule has 2 heterocycles. The molecule has 1 aliphatic carbocycles. The molecule has 5 heteroatoms. The van der Waals surface area contributed by atoms with Gasteiger partial charge in [-0.1, -0.05) is 182 Å². The fourth-order valence-electron chi connectivity index (χ4n) is 9.65. The van der Waals surface area contributed by atoms with E-state index < -0.39 is 5.41 Å². The number of hydrogen-bond acceptors (Lipinski definition) is 5. The first-order valence-electron chi connectivity index (χ1n) is 20.7. The van der Waals surface area contributed by atoms with Crippen LogP contribution in [0.3, 0.4) is 0 Å². The van der Waals surface area contributed by atoms with Gasteiger partial charge in [0.15, 0.2) is 17.5 Å². The lowest BCUT2D eigenvalue weighted by molar-refractivity contribution is 0.723. The van der Waals surface area contributed by atoms with Gasteiger partial charge >= 0.3 is 0 Å². The van der Waals surface area contributed by atoms with Gasteiger partial charge in [-0.2, -0.15) is 5.26 Å². The Morgan fingerprint density at radius 3 is 1.45 bits per heavy atom. The summed E-state index contributed by atoms with van der Waals surface area (Å²) in [6.07, 6.45) is 0. The van der Waals surface area contributed by atoms with Gasteiger partial charge in [-0.3, -0.25) is 0 Å². The second-order valence-electron chi connectivity index (χ2n) is 15.8. The van der Waals surface area contributed by atoms with Crippen LogP contribution in [0.25, 0.3) is 78.3 Å². The molecule has 0 unspecified atom stereocenters. The smallest absolute Gasteiger partial charge is 0.164 e. The summed E-state index contributed by atoms with van der Waals surface area (Å²) in [7, 11) is 0. The molecule has 288 valence electrons. The van der Waals surface area contributed by atoms with E-state index in [1.165, 1.54) is 59.5 Å². The Balaban J connectivity index is 1.08. The van der Waals surface area contributed by atoms with Gasteiger partial charge in [0.05, 0.1) is 17.0 Å². The Bertz CT molecular complexity index is 3320. The van der Waals surface area contributed by atoms with Gasteiger partial charge in [0.2, 0.25) is 0 Å². The molecule has 0 bridgehead atoms. The highest BCUT2D eigenvalue weighted by molar-refractivity contribution is 7.99. The van der Waals surface area contributed by atoms with Gasteiger partial charge in [-0.25, -0.2) is 15.0 Å². The molecule has 0 amide bonds. The zero-order chi connectivity index (χ0) is 41.2. The molecule has 0 atom stereocenters. The Morgan fingerprint density at radius 2 is 0.855 bits per heavy atom. The van der Waals surface area contributed by atoms with E-state index in [0.29, 0.717) is 23.0 Å². The average molecular weight is 807 g/mol. The van der Waals surface area contributed by atoms with Crippen LogP contribution in [0, 0.1) is 11.3 Å². The van der Waals surface area contributed by atoms with Gasteiger partial charge in [0.25, 0.3) is 0 Å². The first-order valence-corrected chi connectivity index (χ1v) is 21.6. The Kier molecular flexibility index (Phi) is 8.35. The third-order valence-corrected chi connectivity index (χ3v) is 13.6. The molecule has 0 radical (unpaired) electrons. The molecule has 1 aromatic heterocycles. The zero-order valence-corrected chi connectivity index (χ0v) is 34.1. The standard InChI is InChI=1S/C57H34N4S/c58-35-36-23-25-37(26-24-36)42-31-32-45-49(33-42)57(47-19-9-11-21-51(47)62-52-22-12-10-20-48(52)57)50-34-46(43-17-7-8-18-44(43)53(45)50)38-27-29-41(30-28-38)56-60-54(39-13-3-1-4-14-39)59-55(61-56)40-15-5-2-6-16-40/h1-34H. The predicted octanol–water partition coefficient (Wildman–Crippen LogP) is 14.1. The maximum Gasteiger partial charge on any atom is 0.164 e. The number of aromatic nitrogens is 3. The van der Waals surface area contributed by atoms with Crippen molar-refractivity contribution in [2.24, 2.45) is 0 Å². The number of rotatable bonds is 5. The van der Waals surface area contributed by atoms with Crippen LogP contribution in [0.2, 0.25) is 0 Å². The van der Waals surface area contributed by atoms with Gasteiger partial charge < -0.3 is 0 Å². The fourth-order valence-corrected chi connectivity index (χ4v) is 10.8. The third-order valence-electron chi connectivity index (χ3n) is 12.4. The lowest BCUT2D eigenvalue weighted by Crippen LogP contribution is -2.32.